The summed E-state index contributed by atoms with van der Waals surface area (Å²) in [6.07, 6.45) is 0. The van der Waals surface area contributed by atoms with Crippen LogP contribution in [0.15, 0.2) is 46.9 Å². The van der Waals surface area contributed by atoms with Gasteiger partial charge in [0.1, 0.15) is 17.1 Å². The van der Waals surface area contributed by atoms with Crippen molar-refractivity contribution < 1.29 is 27.9 Å². The SMILES string of the molecule is CCOc1ccc2oc(C(=O)OCC(=O)Nc3cccc(F)c3)c(C)c2c1. The van der Waals surface area contributed by atoms with Crippen molar-refractivity contribution in [1.82, 2.24) is 0 Å². The molecule has 0 saturated heterocycles. The summed E-state index contributed by atoms with van der Waals surface area (Å²) in [5.74, 6) is -1.12. The molecule has 0 bridgehead atoms. The third-order valence-electron chi connectivity index (χ3n) is 3.85. The molecule has 7 heteroatoms. The molecule has 140 valence electrons. The number of aryl methyl sites for hydroxylation is 1. The van der Waals surface area contributed by atoms with Crippen molar-refractivity contribution >= 4 is 28.5 Å². The highest BCUT2D eigenvalue weighted by atomic mass is 19.1. The van der Waals surface area contributed by atoms with E-state index in [9.17, 15) is 14.0 Å². The minimum absolute atomic E-state index is 0.0252. The maximum Gasteiger partial charge on any atom is 0.375 e. The molecule has 1 N–H and O–H groups in total. The van der Waals surface area contributed by atoms with E-state index in [0.29, 0.717) is 23.5 Å². The zero-order valence-electron chi connectivity index (χ0n) is 14.9. The first-order chi connectivity index (χ1) is 13.0. The molecule has 1 aromatic heterocycles. The number of ether oxygens (including phenoxy) is 2. The molecule has 0 unspecified atom stereocenters. The number of rotatable bonds is 6. The minimum Gasteiger partial charge on any atom is -0.494 e. The Kier molecular flexibility index (Phi) is 5.40. The summed E-state index contributed by atoms with van der Waals surface area (Å²) in [7, 11) is 0. The lowest BCUT2D eigenvalue weighted by Crippen LogP contribution is -2.21. The molecule has 0 aliphatic heterocycles. The number of benzene rings is 2. The number of furan rings is 1. The van der Waals surface area contributed by atoms with Crippen LogP contribution in [0.3, 0.4) is 0 Å². The Balaban J connectivity index is 1.67. The molecule has 0 radical (unpaired) electrons. The van der Waals surface area contributed by atoms with Crippen molar-refractivity contribution in [3.05, 3.63) is 59.6 Å². The average Bonchev–Trinajstić information content (AvgIpc) is 2.97. The van der Waals surface area contributed by atoms with Gasteiger partial charge in [-0.15, -0.1) is 0 Å². The van der Waals surface area contributed by atoms with Gasteiger partial charge in [-0.05, 0) is 50.2 Å². The van der Waals surface area contributed by atoms with Crippen LogP contribution in [-0.4, -0.2) is 25.1 Å². The molecule has 2 aromatic carbocycles. The van der Waals surface area contributed by atoms with E-state index < -0.39 is 24.3 Å². The molecule has 1 amide bonds. The Morgan fingerprint density at radius 3 is 2.74 bits per heavy atom. The number of halogens is 1. The van der Waals surface area contributed by atoms with E-state index in [1.165, 1.54) is 24.3 Å². The van der Waals surface area contributed by atoms with Gasteiger partial charge in [0.2, 0.25) is 5.76 Å². The maximum absolute atomic E-state index is 13.1. The maximum atomic E-state index is 13.1. The van der Waals surface area contributed by atoms with Crippen molar-refractivity contribution in [1.29, 1.82) is 0 Å². The molecular weight excluding hydrogens is 353 g/mol. The summed E-state index contributed by atoms with van der Waals surface area (Å²) in [5, 5.41) is 3.18. The highest BCUT2D eigenvalue weighted by Gasteiger charge is 2.20. The second kappa shape index (κ2) is 7.90. The van der Waals surface area contributed by atoms with Crippen LogP contribution in [0.5, 0.6) is 5.75 Å². The highest BCUT2D eigenvalue weighted by molar-refractivity contribution is 5.98. The largest absolute Gasteiger partial charge is 0.494 e. The van der Waals surface area contributed by atoms with Crippen LogP contribution >= 0.6 is 0 Å². The highest BCUT2D eigenvalue weighted by Crippen LogP contribution is 2.29. The Morgan fingerprint density at radius 2 is 2.00 bits per heavy atom. The first-order valence-electron chi connectivity index (χ1n) is 8.36. The Morgan fingerprint density at radius 1 is 1.19 bits per heavy atom. The number of carbonyl (C=O) groups excluding carboxylic acids is 2. The van der Waals surface area contributed by atoms with Gasteiger partial charge >= 0.3 is 5.97 Å². The Labute approximate surface area is 154 Å². The lowest BCUT2D eigenvalue weighted by Gasteiger charge is -2.06. The Bertz CT molecular complexity index is 995. The second-order valence-electron chi connectivity index (χ2n) is 5.78. The summed E-state index contributed by atoms with van der Waals surface area (Å²) in [6, 6.07) is 10.7. The van der Waals surface area contributed by atoms with Gasteiger partial charge in [-0.3, -0.25) is 4.79 Å². The summed E-state index contributed by atoms with van der Waals surface area (Å²) in [4.78, 5) is 24.1. The van der Waals surface area contributed by atoms with E-state index >= 15 is 0 Å². The standard InChI is InChI=1S/C20H18FNO5/c1-3-25-15-7-8-17-16(10-15)12(2)19(27-17)20(24)26-11-18(23)22-14-6-4-5-13(21)9-14/h4-10H,3,11H2,1-2H3,(H,22,23). The van der Waals surface area contributed by atoms with Gasteiger partial charge in [0.15, 0.2) is 6.61 Å². The van der Waals surface area contributed by atoms with E-state index in [1.54, 1.807) is 25.1 Å². The van der Waals surface area contributed by atoms with Crippen molar-refractivity contribution in [2.75, 3.05) is 18.5 Å². The third-order valence-corrected chi connectivity index (χ3v) is 3.85. The first-order valence-corrected chi connectivity index (χ1v) is 8.36. The molecule has 0 fully saturated rings. The fourth-order valence-corrected chi connectivity index (χ4v) is 2.61. The van der Waals surface area contributed by atoms with Crippen molar-refractivity contribution in [3.8, 4) is 5.75 Å². The van der Waals surface area contributed by atoms with Crippen LogP contribution in [-0.2, 0) is 9.53 Å². The number of carbonyl (C=O) groups is 2. The van der Waals surface area contributed by atoms with Crippen molar-refractivity contribution in [2.24, 2.45) is 0 Å². The van der Waals surface area contributed by atoms with Gasteiger partial charge in [-0.25, -0.2) is 9.18 Å². The number of esters is 1. The van der Waals surface area contributed by atoms with Crippen LogP contribution in [0, 0.1) is 12.7 Å². The van der Waals surface area contributed by atoms with E-state index in [4.69, 9.17) is 13.9 Å². The van der Waals surface area contributed by atoms with Gasteiger partial charge < -0.3 is 19.2 Å². The van der Waals surface area contributed by atoms with Gasteiger partial charge in [0, 0.05) is 16.6 Å². The zero-order valence-corrected chi connectivity index (χ0v) is 14.9. The second-order valence-corrected chi connectivity index (χ2v) is 5.78. The predicted octanol–water partition coefficient (Wildman–Crippen LogP) is 4.07. The summed E-state index contributed by atoms with van der Waals surface area (Å²) in [6.45, 7) is 3.61. The van der Waals surface area contributed by atoms with Gasteiger partial charge in [0.05, 0.1) is 6.61 Å². The van der Waals surface area contributed by atoms with Crippen LogP contribution in [0.4, 0.5) is 10.1 Å². The molecule has 6 nitrogen and oxygen atoms in total. The molecule has 3 aromatic rings. The number of anilines is 1. The first kappa shape index (κ1) is 18.4. The number of fused-ring (bicyclic) bond motifs is 1. The lowest BCUT2D eigenvalue weighted by atomic mass is 10.1. The molecule has 0 aliphatic carbocycles. The minimum atomic E-state index is -0.754. The van der Waals surface area contributed by atoms with Crippen LogP contribution in [0.2, 0.25) is 0 Å². The van der Waals surface area contributed by atoms with E-state index in [0.717, 1.165) is 5.39 Å². The summed E-state index contributed by atoms with van der Waals surface area (Å²) >= 11 is 0. The molecule has 1 heterocycles. The number of hydrogen-bond donors (Lipinski definition) is 1. The van der Waals surface area contributed by atoms with Gasteiger partial charge in [-0.1, -0.05) is 6.07 Å². The quantitative estimate of drug-likeness (QED) is 0.661. The molecule has 0 atom stereocenters. The van der Waals surface area contributed by atoms with Crippen LogP contribution in [0.1, 0.15) is 23.0 Å². The average molecular weight is 371 g/mol. The van der Waals surface area contributed by atoms with Crippen molar-refractivity contribution in [3.63, 3.8) is 0 Å². The number of nitrogens with one attached hydrogen (secondary N) is 1. The van der Waals surface area contributed by atoms with Crippen LogP contribution in [0.25, 0.3) is 11.0 Å². The smallest absolute Gasteiger partial charge is 0.375 e. The monoisotopic (exact) mass is 371 g/mol. The van der Waals surface area contributed by atoms with Crippen molar-refractivity contribution in [2.45, 2.75) is 13.8 Å². The predicted molar refractivity (Wildman–Crippen MR) is 97.4 cm³/mol. The fourth-order valence-electron chi connectivity index (χ4n) is 2.61. The number of hydrogen-bond acceptors (Lipinski definition) is 5. The molecule has 3 rings (SSSR count). The molecular formula is C20H18FNO5. The van der Waals surface area contributed by atoms with E-state index in [-0.39, 0.29) is 11.4 Å². The lowest BCUT2D eigenvalue weighted by molar-refractivity contribution is -0.119. The van der Waals surface area contributed by atoms with E-state index in [2.05, 4.69) is 5.32 Å². The van der Waals surface area contributed by atoms with E-state index in [1.807, 2.05) is 6.92 Å². The zero-order chi connectivity index (χ0) is 19.4. The van der Waals surface area contributed by atoms with Gasteiger partial charge in [-0.2, -0.15) is 0 Å². The van der Waals surface area contributed by atoms with Crippen LogP contribution < -0.4 is 10.1 Å². The molecule has 0 aliphatic rings. The molecule has 0 saturated carbocycles. The third kappa shape index (κ3) is 4.25. The normalized spacial score (nSPS) is 10.6. The summed E-state index contributed by atoms with van der Waals surface area (Å²) in [5.41, 5.74) is 1.40. The molecule has 27 heavy (non-hydrogen) atoms. The number of amides is 1. The summed E-state index contributed by atoms with van der Waals surface area (Å²) < 4.78 is 29.1. The topological polar surface area (TPSA) is 77.8 Å². The fraction of sp³-hybridized carbons (Fsp3) is 0.200. The van der Waals surface area contributed by atoms with Gasteiger partial charge in [0.25, 0.3) is 5.91 Å². The molecule has 0 spiro atoms. The Hall–Kier alpha value is -3.35.